The van der Waals surface area contributed by atoms with Gasteiger partial charge < -0.3 is 20.1 Å². The van der Waals surface area contributed by atoms with Crippen LogP contribution in [0, 0.1) is 6.92 Å². The van der Waals surface area contributed by atoms with Crippen molar-refractivity contribution >= 4 is 17.4 Å². The minimum atomic E-state index is -1.25. The summed E-state index contributed by atoms with van der Waals surface area (Å²) >= 11 is 6.02. The molecule has 2 aromatic rings. The van der Waals surface area contributed by atoms with Gasteiger partial charge >= 0.3 is 0 Å². The number of rotatable bonds is 1. The number of phenols is 2. The van der Waals surface area contributed by atoms with Crippen LogP contribution in [0.5, 0.6) is 17.2 Å². The lowest BCUT2D eigenvalue weighted by atomic mass is 9.81. The molecule has 0 saturated carbocycles. The molecule has 0 fully saturated rings. The lowest BCUT2D eigenvalue weighted by Crippen LogP contribution is -2.21. The number of carbonyl (C=O) groups is 1. The molecule has 2 aromatic carbocycles. The molecule has 6 heteroatoms. The van der Waals surface area contributed by atoms with Crippen molar-refractivity contribution in [2.75, 3.05) is 7.11 Å². The summed E-state index contributed by atoms with van der Waals surface area (Å²) in [5, 5.41) is 30.2. The van der Waals surface area contributed by atoms with Crippen LogP contribution in [0.4, 0.5) is 0 Å². The Hall–Kier alpha value is -2.24. The third-order valence-corrected chi connectivity index (χ3v) is 4.18. The predicted molar refractivity (Wildman–Crippen MR) is 80.0 cm³/mol. The van der Waals surface area contributed by atoms with E-state index in [0.717, 1.165) is 11.6 Å². The number of methoxy groups -OCH3 is 1. The van der Waals surface area contributed by atoms with Crippen LogP contribution in [0.3, 0.4) is 0 Å². The Morgan fingerprint density at radius 3 is 2.45 bits per heavy atom. The summed E-state index contributed by atoms with van der Waals surface area (Å²) in [7, 11) is 1.42. The van der Waals surface area contributed by atoms with Crippen LogP contribution in [0.15, 0.2) is 18.2 Å². The maximum absolute atomic E-state index is 12.7. The monoisotopic (exact) mass is 320 g/mol. The summed E-state index contributed by atoms with van der Waals surface area (Å²) in [6, 6.07) is 4.31. The van der Waals surface area contributed by atoms with Crippen LogP contribution in [0.25, 0.3) is 0 Å². The summed E-state index contributed by atoms with van der Waals surface area (Å²) in [6.45, 7) is 1.80. The highest BCUT2D eigenvalue weighted by Gasteiger charge is 2.37. The molecule has 22 heavy (non-hydrogen) atoms. The quantitative estimate of drug-likeness (QED) is 0.752. The molecule has 1 aliphatic carbocycles. The molecule has 0 saturated heterocycles. The van der Waals surface area contributed by atoms with Crippen LogP contribution in [0.1, 0.15) is 38.7 Å². The fourth-order valence-electron chi connectivity index (χ4n) is 2.83. The third kappa shape index (κ3) is 1.86. The number of aliphatic hydroxyl groups is 1. The predicted octanol–water partition coefficient (Wildman–Crippen LogP) is 2.69. The molecule has 0 bridgehead atoms. The van der Waals surface area contributed by atoms with Crippen molar-refractivity contribution in [1.82, 2.24) is 0 Å². The second kappa shape index (κ2) is 4.90. The van der Waals surface area contributed by atoms with E-state index in [-0.39, 0.29) is 21.7 Å². The van der Waals surface area contributed by atoms with Crippen molar-refractivity contribution in [3.63, 3.8) is 0 Å². The Labute approximate surface area is 131 Å². The maximum atomic E-state index is 12.7. The first-order valence-electron chi connectivity index (χ1n) is 6.52. The lowest BCUT2D eigenvalue weighted by molar-refractivity contribution is 0.101. The van der Waals surface area contributed by atoms with E-state index >= 15 is 0 Å². The molecule has 1 aliphatic rings. The number of hydrogen-bond acceptors (Lipinski definition) is 5. The minimum absolute atomic E-state index is 0.00400. The van der Waals surface area contributed by atoms with Gasteiger partial charge in [-0.15, -0.1) is 0 Å². The lowest BCUT2D eigenvalue weighted by Gasteiger charge is -2.27. The van der Waals surface area contributed by atoms with E-state index in [4.69, 9.17) is 16.3 Å². The molecule has 1 atom stereocenters. The summed E-state index contributed by atoms with van der Waals surface area (Å²) in [5.74, 6) is -1.03. The molecule has 0 radical (unpaired) electrons. The second-order valence-electron chi connectivity index (χ2n) is 5.18. The van der Waals surface area contributed by atoms with Gasteiger partial charge in [-0.2, -0.15) is 0 Å². The average Bonchev–Trinajstić information content (AvgIpc) is 2.47. The number of ether oxygens (including phenoxy) is 1. The Balaban J connectivity index is 2.40. The highest BCUT2D eigenvalue weighted by molar-refractivity contribution is 6.34. The van der Waals surface area contributed by atoms with Gasteiger partial charge in [0.15, 0.2) is 0 Å². The highest BCUT2D eigenvalue weighted by atomic mass is 35.5. The van der Waals surface area contributed by atoms with Crippen molar-refractivity contribution in [3.05, 3.63) is 51.0 Å². The third-order valence-electron chi connectivity index (χ3n) is 3.78. The number of aromatic hydroxyl groups is 2. The second-order valence-corrected chi connectivity index (χ2v) is 5.56. The topological polar surface area (TPSA) is 87.0 Å². The summed E-state index contributed by atoms with van der Waals surface area (Å²) in [6.07, 6.45) is -1.25. The summed E-state index contributed by atoms with van der Waals surface area (Å²) in [5.41, 5.74) is 1.20. The van der Waals surface area contributed by atoms with Gasteiger partial charge in [-0.1, -0.05) is 17.7 Å². The standard InChI is InChI=1S/C16H13ClO5/c1-6-3-7-11(10(4-6)22-2)16(21)12-8(18)5-9(19)14(17)13(12)15(7)20/h3-5,15,18-20H,1-2H3/t15-/m0/s1. The van der Waals surface area contributed by atoms with E-state index in [1.165, 1.54) is 7.11 Å². The molecule has 3 N–H and O–H groups in total. The van der Waals surface area contributed by atoms with Crippen molar-refractivity contribution in [2.24, 2.45) is 0 Å². The number of hydrogen-bond donors (Lipinski definition) is 3. The Morgan fingerprint density at radius 1 is 1.14 bits per heavy atom. The smallest absolute Gasteiger partial charge is 0.201 e. The molecule has 0 heterocycles. The van der Waals surface area contributed by atoms with Crippen LogP contribution in [0.2, 0.25) is 5.02 Å². The molecule has 0 unspecified atom stereocenters. The number of fused-ring (bicyclic) bond motifs is 2. The van der Waals surface area contributed by atoms with Gasteiger partial charge in [-0.05, 0) is 18.6 Å². The molecule has 5 nitrogen and oxygen atoms in total. The fourth-order valence-corrected chi connectivity index (χ4v) is 3.08. The normalized spacial score (nSPS) is 16.2. The molecule has 114 valence electrons. The largest absolute Gasteiger partial charge is 0.507 e. The van der Waals surface area contributed by atoms with Crippen molar-refractivity contribution < 1.29 is 24.9 Å². The average molecular weight is 321 g/mol. The van der Waals surface area contributed by atoms with Gasteiger partial charge in [0, 0.05) is 17.2 Å². The minimum Gasteiger partial charge on any atom is -0.507 e. The number of phenolic OH excluding ortho intramolecular Hbond substituents is 2. The zero-order valence-electron chi connectivity index (χ0n) is 11.8. The highest BCUT2D eigenvalue weighted by Crippen LogP contribution is 2.48. The Bertz CT molecular complexity index is 813. The number of halogens is 1. The van der Waals surface area contributed by atoms with Crippen LogP contribution in [-0.4, -0.2) is 28.2 Å². The summed E-state index contributed by atoms with van der Waals surface area (Å²) < 4.78 is 5.23. The molecular weight excluding hydrogens is 308 g/mol. The SMILES string of the molecule is COc1cc(C)cc2c1C(=O)c1c(O)cc(O)c(Cl)c1[C@H]2O. The number of aryl methyl sites for hydroxylation is 1. The van der Waals surface area contributed by atoms with Gasteiger partial charge in [0.1, 0.15) is 23.4 Å². The van der Waals surface area contributed by atoms with E-state index < -0.39 is 23.4 Å². The number of ketones is 1. The van der Waals surface area contributed by atoms with Crippen molar-refractivity contribution in [3.8, 4) is 17.2 Å². The van der Waals surface area contributed by atoms with E-state index in [1.54, 1.807) is 19.1 Å². The Kier molecular flexibility index (Phi) is 3.27. The van der Waals surface area contributed by atoms with Crippen LogP contribution in [-0.2, 0) is 0 Å². The maximum Gasteiger partial charge on any atom is 0.201 e. The van der Waals surface area contributed by atoms with Gasteiger partial charge in [-0.25, -0.2) is 0 Å². The molecular formula is C16H13ClO5. The Morgan fingerprint density at radius 2 is 1.82 bits per heavy atom. The van der Waals surface area contributed by atoms with Crippen LogP contribution < -0.4 is 4.74 Å². The summed E-state index contributed by atoms with van der Waals surface area (Å²) in [4.78, 5) is 12.7. The number of carbonyl (C=O) groups excluding carboxylic acids is 1. The molecule has 0 aliphatic heterocycles. The van der Waals surface area contributed by atoms with E-state index in [0.29, 0.717) is 11.3 Å². The molecule has 0 aromatic heterocycles. The first-order chi connectivity index (χ1) is 10.4. The van der Waals surface area contributed by atoms with E-state index in [2.05, 4.69) is 0 Å². The van der Waals surface area contributed by atoms with E-state index in [1.807, 2.05) is 0 Å². The fraction of sp³-hybridized carbons (Fsp3) is 0.188. The first-order valence-corrected chi connectivity index (χ1v) is 6.90. The zero-order valence-corrected chi connectivity index (χ0v) is 12.6. The van der Waals surface area contributed by atoms with Crippen molar-refractivity contribution in [1.29, 1.82) is 0 Å². The number of aliphatic hydroxyl groups excluding tert-OH is 1. The molecule has 0 spiro atoms. The number of benzene rings is 2. The van der Waals surface area contributed by atoms with Crippen molar-refractivity contribution in [2.45, 2.75) is 13.0 Å². The van der Waals surface area contributed by atoms with Gasteiger partial charge in [0.25, 0.3) is 0 Å². The van der Waals surface area contributed by atoms with Gasteiger partial charge in [-0.3, -0.25) is 4.79 Å². The van der Waals surface area contributed by atoms with E-state index in [9.17, 15) is 20.1 Å². The van der Waals surface area contributed by atoms with Gasteiger partial charge in [0.2, 0.25) is 5.78 Å². The molecule has 0 amide bonds. The van der Waals surface area contributed by atoms with Gasteiger partial charge in [0.05, 0.1) is 23.3 Å². The van der Waals surface area contributed by atoms with Crippen LogP contribution >= 0.6 is 11.6 Å². The molecule has 3 rings (SSSR count). The zero-order chi connectivity index (χ0) is 16.2. The first kappa shape index (κ1) is 14.7.